The van der Waals surface area contributed by atoms with Gasteiger partial charge in [-0.2, -0.15) is 0 Å². The second-order valence-electron chi connectivity index (χ2n) is 6.95. The lowest BCUT2D eigenvalue weighted by molar-refractivity contribution is 0.867. The van der Waals surface area contributed by atoms with Gasteiger partial charge in [0.25, 0.3) is 0 Å². The Labute approximate surface area is 148 Å². The Morgan fingerprint density at radius 3 is 2.52 bits per heavy atom. The first kappa shape index (κ1) is 15.7. The SMILES string of the molecule is CC(C)c1ccccc1N=C(N)Nc1ccc2c3c(cccc13)CC2. The van der Waals surface area contributed by atoms with E-state index in [-0.39, 0.29) is 0 Å². The van der Waals surface area contributed by atoms with Crippen LogP contribution in [-0.2, 0) is 12.8 Å². The maximum Gasteiger partial charge on any atom is 0.198 e. The van der Waals surface area contributed by atoms with Crippen LogP contribution in [0.3, 0.4) is 0 Å². The number of hydrogen-bond donors (Lipinski definition) is 2. The van der Waals surface area contributed by atoms with E-state index in [1.165, 1.54) is 27.5 Å². The molecule has 0 amide bonds. The molecule has 126 valence electrons. The van der Waals surface area contributed by atoms with Gasteiger partial charge in [0.05, 0.1) is 5.69 Å². The molecule has 25 heavy (non-hydrogen) atoms. The average Bonchev–Trinajstić information content (AvgIpc) is 3.02. The predicted molar refractivity (Wildman–Crippen MR) is 107 cm³/mol. The highest BCUT2D eigenvalue weighted by atomic mass is 15.1. The summed E-state index contributed by atoms with van der Waals surface area (Å²) in [6, 6.07) is 19.0. The summed E-state index contributed by atoms with van der Waals surface area (Å²) >= 11 is 0. The van der Waals surface area contributed by atoms with Gasteiger partial charge in [-0.05, 0) is 53.0 Å². The van der Waals surface area contributed by atoms with Gasteiger partial charge in [0, 0.05) is 11.1 Å². The topological polar surface area (TPSA) is 50.4 Å². The molecule has 3 aromatic carbocycles. The summed E-state index contributed by atoms with van der Waals surface area (Å²) in [6.45, 7) is 4.34. The zero-order valence-electron chi connectivity index (χ0n) is 14.7. The van der Waals surface area contributed by atoms with Crippen LogP contribution < -0.4 is 11.1 Å². The van der Waals surface area contributed by atoms with Crippen molar-refractivity contribution in [1.82, 2.24) is 0 Å². The van der Waals surface area contributed by atoms with E-state index in [9.17, 15) is 0 Å². The van der Waals surface area contributed by atoms with Gasteiger partial charge in [-0.3, -0.25) is 0 Å². The fraction of sp³-hybridized carbons (Fsp3) is 0.227. The van der Waals surface area contributed by atoms with Gasteiger partial charge in [-0.25, -0.2) is 4.99 Å². The van der Waals surface area contributed by atoms with Crippen molar-refractivity contribution in [2.75, 3.05) is 5.32 Å². The number of rotatable bonds is 3. The molecule has 0 heterocycles. The van der Waals surface area contributed by atoms with Crippen LogP contribution >= 0.6 is 0 Å². The molecule has 3 heteroatoms. The van der Waals surface area contributed by atoms with E-state index in [1.54, 1.807) is 0 Å². The molecule has 0 saturated heterocycles. The fourth-order valence-electron chi connectivity index (χ4n) is 3.73. The molecule has 0 fully saturated rings. The van der Waals surface area contributed by atoms with Crippen molar-refractivity contribution in [3.8, 4) is 0 Å². The maximum atomic E-state index is 6.23. The monoisotopic (exact) mass is 329 g/mol. The minimum Gasteiger partial charge on any atom is -0.369 e. The van der Waals surface area contributed by atoms with Crippen LogP contribution in [0, 0.1) is 0 Å². The summed E-state index contributed by atoms with van der Waals surface area (Å²) in [5, 5.41) is 5.91. The van der Waals surface area contributed by atoms with Crippen molar-refractivity contribution in [3.05, 3.63) is 71.3 Å². The highest BCUT2D eigenvalue weighted by molar-refractivity contribution is 6.06. The molecule has 3 aromatic rings. The number of anilines is 1. The van der Waals surface area contributed by atoms with E-state index in [2.05, 4.69) is 60.6 Å². The maximum absolute atomic E-state index is 6.23. The van der Waals surface area contributed by atoms with Crippen molar-refractivity contribution >= 4 is 28.1 Å². The second-order valence-corrected chi connectivity index (χ2v) is 6.95. The molecule has 0 aliphatic heterocycles. The van der Waals surface area contributed by atoms with Gasteiger partial charge in [-0.1, -0.05) is 56.3 Å². The van der Waals surface area contributed by atoms with Crippen LogP contribution in [0.15, 0.2) is 59.6 Å². The lowest BCUT2D eigenvalue weighted by Crippen LogP contribution is -2.22. The molecular formula is C22H23N3. The zero-order valence-corrected chi connectivity index (χ0v) is 14.7. The molecule has 0 radical (unpaired) electrons. The Kier molecular flexibility index (Phi) is 3.92. The molecule has 0 bridgehead atoms. The van der Waals surface area contributed by atoms with Gasteiger partial charge in [0.15, 0.2) is 5.96 Å². The summed E-state index contributed by atoms with van der Waals surface area (Å²) in [4.78, 5) is 4.63. The molecule has 3 N–H and O–H groups in total. The van der Waals surface area contributed by atoms with E-state index in [1.807, 2.05) is 18.2 Å². The first-order valence-corrected chi connectivity index (χ1v) is 8.87. The van der Waals surface area contributed by atoms with Gasteiger partial charge in [0.1, 0.15) is 0 Å². The molecule has 0 spiro atoms. The summed E-state index contributed by atoms with van der Waals surface area (Å²) < 4.78 is 0. The molecule has 0 atom stereocenters. The summed E-state index contributed by atoms with van der Waals surface area (Å²) in [6.07, 6.45) is 2.25. The molecular weight excluding hydrogens is 306 g/mol. The van der Waals surface area contributed by atoms with Crippen LogP contribution in [0.5, 0.6) is 0 Å². The summed E-state index contributed by atoms with van der Waals surface area (Å²) in [7, 11) is 0. The van der Waals surface area contributed by atoms with Crippen LogP contribution in [0.2, 0.25) is 0 Å². The third-order valence-corrected chi connectivity index (χ3v) is 4.94. The van der Waals surface area contributed by atoms with Gasteiger partial charge >= 0.3 is 0 Å². The smallest absolute Gasteiger partial charge is 0.198 e. The largest absolute Gasteiger partial charge is 0.369 e. The molecule has 1 aliphatic rings. The Morgan fingerprint density at radius 2 is 1.72 bits per heavy atom. The van der Waals surface area contributed by atoms with Crippen molar-refractivity contribution in [1.29, 1.82) is 0 Å². The number of benzene rings is 3. The first-order valence-electron chi connectivity index (χ1n) is 8.87. The Bertz CT molecular complexity index is 960. The van der Waals surface area contributed by atoms with Crippen LogP contribution in [0.1, 0.15) is 36.5 Å². The Balaban J connectivity index is 1.71. The lowest BCUT2D eigenvalue weighted by Gasteiger charge is -2.13. The van der Waals surface area contributed by atoms with E-state index in [0.717, 1.165) is 24.2 Å². The molecule has 4 rings (SSSR count). The molecule has 0 unspecified atom stereocenters. The second kappa shape index (κ2) is 6.25. The molecule has 3 nitrogen and oxygen atoms in total. The number of nitrogens with zero attached hydrogens (tertiary/aromatic N) is 1. The number of aliphatic imine (C=N–C) groups is 1. The van der Waals surface area contributed by atoms with Gasteiger partial charge in [-0.15, -0.1) is 0 Å². The third kappa shape index (κ3) is 2.86. The molecule has 0 aromatic heterocycles. The normalized spacial score (nSPS) is 13.6. The van der Waals surface area contributed by atoms with Crippen molar-refractivity contribution in [2.45, 2.75) is 32.6 Å². The van der Waals surface area contributed by atoms with Crippen molar-refractivity contribution < 1.29 is 0 Å². The van der Waals surface area contributed by atoms with Crippen LogP contribution in [-0.4, -0.2) is 5.96 Å². The first-order chi connectivity index (χ1) is 12.1. The highest BCUT2D eigenvalue weighted by Gasteiger charge is 2.16. The third-order valence-electron chi connectivity index (χ3n) is 4.94. The number of para-hydroxylation sites is 1. The van der Waals surface area contributed by atoms with Gasteiger partial charge < -0.3 is 11.1 Å². The van der Waals surface area contributed by atoms with Crippen LogP contribution in [0.4, 0.5) is 11.4 Å². The van der Waals surface area contributed by atoms with E-state index in [0.29, 0.717) is 11.9 Å². The predicted octanol–water partition coefficient (Wildman–Crippen LogP) is 5.12. The van der Waals surface area contributed by atoms with E-state index in [4.69, 9.17) is 5.73 Å². The number of guanidine groups is 1. The minimum absolute atomic E-state index is 0.407. The quantitative estimate of drug-likeness (QED) is 0.517. The minimum atomic E-state index is 0.407. The Morgan fingerprint density at radius 1 is 0.960 bits per heavy atom. The summed E-state index contributed by atoms with van der Waals surface area (Å²) in [5.41, 5.74) is 12.2. The number of hydrogen-bond acceptors (Lipinski definition) is 1. The van der Waals surface area contributed by atoms with Crippen molar-refractivity contribution in [2.24, 2.45) is 10.7 Å². The van der Waals surface area contributed by atoms with Gasteiger partial charge in [0.2, 0.25) is 0 Å². The molecule has 0 saturated carbocycles. The number of nitrogens with one attached hydrogen (secondary N) is 1. The zero-order chi connectivity index (χ0) is 17.4. The van der Waals surface area contributed by atoms with E-state index >= 15 is 0 Å². The number of nitrogens with two attached hydrogens (primary N) is 1. The summed E-state index contributed by atoms with van der Waals surface area (Å²) in [5.74, 6) is 0.830. The van der Waals surface area contributed by atoms with E-state index < -0.39 is 0 Å². The average molecular weight is 329 g/mol. The Hall–Kier alpha value is -2.81. The standard InChI is InChI=1S/C22H23N3/c1-14(2)17-7-3-4-9-19(17)24-22(23)25-20-13-12-16-11-10-15-6-5-8-18(20)21(15)16/h3-9,12-14H,10-11H2,1-2H3,(H3,23,24,25). The highest BCUT2D eigenvalue weighted by Crippen LogP contribution is 2.35. The molecule has 1 aliphatic carbocycles. The number of aryl methyl sites for hydroxylation is 2. The van der Waals surface area contributed by atoms with Crippen LogP contribution in [0.25, 0.3) is 10.8 Å². The fourth-order valence-corrected chi connectivity index (χ4v) is 3.73. The van der Waals surface area contributed by atoms with Crippen molar-refractivity contribution in [3.63, 3.8) is 0 Å². The lowest BCUT2D eigenvalue weighted by atomic mass is 10.0.